The van der Waals surface area contributed by atoms with E-state index in [4.69, 9.17) is 9.84 Å². The lowest BCUT2D eigenvalue weighted by molar-refractivity contribution is -0.137. The van der Waals surface area contributed by atoms with Crippen LogP contribution in [0.2, 0.25) is 0 Å². The van der Waals surface area contributed by atoms with Crippen molar-refractivity contribution in [2.24, 2.45) is 0 Å². The second-order valence-electron chi connectivity index (χ2n) is 4.79. The minimum absolute atomic E-state index is 0.0457. The number of ether oxygens (including phenoxy) is 1. The molecule has 0 aliphatic carbocycles. The molecule has 22 heavy (non-hydrogen) atoms. The van der Waals surface area contributed by atoms with E-state index in [1.165, 1.54) is 12.1 Å². The van der Waals surface area contributed by atoms with Gasteiger partial charge >= 0.3 is 5.97 Å². The van der Waals surface area contributed by atoms with E-state index in [2.05, 4.69) is 0 Å². The molecule has 0 bridgehead atoms. The number of carbonyl (C=O) groups is 3. The number of hydroxylamine groups is 2. The Bertz CT molecular complexity index is 813. The molecule has 0 fully saturated rings. The van der Waals surface area contributed by atoms with Gasteiger partial charge in [-0.2, -0.15) is 0 Å². The Morgan fingerprint density at radius 3 is 2.59 bits per heavy atom. The van der Waals surface area contributed by atoms with Gasteiger partial charge in [-0.05, 0) is 23.6 Å². The first kappa shape index (κ1) is 14.0. The van der Waals surface area contributed by atoms with Crippen molar-refractivity contribution in [1.82, 2.24) is 5.06 Å². The van der Waals surface area contributed by atoms with Crippen LogP contribution in [0.5, 0.6) is 5.75 Å². The molecule has 0 saturated carbocycles. The number of carboxylic acids is 1. The average Bonchev–Trinajstić information content (AvgIpc) is 2.49. The highest BCUT2D eigenvalue weighted by molar-refractivity contribution is 6.24. The molecule has 2 amide bonds. The number of rotatable bonds is 4. The zero-order valence-electron chi connectivity index (χ0n) is 11.3. The van der Waals surface area contributed by atoms with Gasteiger partial charge < -0.3 is 9.84 Å². The summed E-state index contributed by atoms with van der Waals surface area (Å²) in [4.78, 5) is 34.5. The highest BCUT2D eigenvalue weighted by atomic mass is 16.5. The minimum Gasteiger partial charge on any atom is -0.493 e. The Kier molecular flexibility index (Phi) is 3.26. The van der Waals surface area contributed by atoms with Crippen LogP contribution in [0, 0.1) is 0 Å². The number of aliphatic carboxylic acids is 1. The molecule has 2 aromatic rings. The van der Waals surface area contributed by atoms with Crippen LogP contribution in [0.25, 0.3) is 10.8 Å². The Balaban J connectivity index is 2.09. The van der Waals surface area contributed by atoms with E-state index in [0.717, 1.165) is 0 Å². The largest absolute Gasteiger partial charge is 0.493 e. The summed E-state index contributed by atoms with van der Waals surface area (Å²) in [6.45, 7) is -0.0457. The summed E-state index contributed by atoms with van der Waals surface area (Å²) in [5, 5.41) is 19.3. The SMILES string of the molecule is O=C(O)CCOc1cc2c3c(cccc3c1)C(=O)N(O)C2=O. The predicted molar refractivity (Wildman–Crippen MR) is 74.0 cm³/mol. The third-order valence-electron chi connectivity index (χ3n) is 3.38. The zero-order valence-corrected chi connectivity index (χ0v) is 11.3. The molecule has 0 aromatic heterocycles. The number of carboxylic acid groups (broad SMARTS) is 1. The second kappa shape index (κ2) is 5.12. The van der Waals surface area contributed by atoms with E-state index in [1.54, 1.807) is 18.2 Å². The Morgan fingerprint density at radius 1 is 1.14 bits per heavy atom. The molecule has 0 radical (unpaired) electrons. The first-order chi connectivity index (χ1) is 10.5. The first-order valence-electron chi connectivity index (χ1n) is 6.48. The monoisotopic (exact) mass is 301 g/mol. The number of carbonyl (C=O) groups excluding carboxylic acids is 2. The van der Waals surface area contributed by atoms with Crippen LogP contribution in [-0.2, 0) is 4.79 Å². The summed E-state index contributed by atoms with van der Waals surface area (Å²) in [6.07, 6.45) is -0.175. The molecule has 2 aromatic carbocycles. The molecule has 7 nitrogen and oxygen atoms in total. The number of benzene rings is 2. The van der Waals surface area contributed by atoms with Gasteiger partial charge in [0.1, 0.15) is 5.75 Å². The fourth-order valence-corrected chi connectivity index (χ4v) is 2.41. The second-order valence-corrected chi connectivity index (χ2v) is 4.79. The number of hydrogen-bond donors (Lipinski definition) is 2. The third-order valence-corrected chi connectivity index (χ3v) is 3.38. The molecule has 0 unspecified atom stereocenters. The van der Waals surface area contributed by atoms with Crippen molar-refractivity contribution in [3.05, 3.63) is 41.5 Å². The van der Waals surface area contributed by atoms with Gasteiger partial charge in [-0.1, -0.05) is 12.1 Å². The highest BCUT2D eigenvalue weighted by Gasteiger charge is 2.32. The standard InChI is InChI=1S/C15H11NO6/c17-12(18)4-5-22-9-6-8-2-1-3-10-13(8)11(7-9)15(20)16(21)14(10)19/h1-3,6-7,21H,4-5H2,(H,17,18). The predicted octanol–water partition coefficient (Wildman–Crippen LogP) is 1.68. The molecular weight excluding hydrogens is 290 g/mol. The van der Waals surface area contributed by atoms with E-state index in [0.29, 0.717) is 16.5 Å². The normalized spacial score (nSPS) is 13.6. The molecule has 3 rings (SSSR count). The van der Waals surface area contributed by atoms with Crippen molar-refractivity contribution < 1.29 is 29.4 Å². The lowest BCUT2D eigenvalue weighted by Crippen LogP contribution is -2.37. The molecular formula is C15H11NO6. The molecule has 0 saturated heterocycles. The van der Waals surface area contributed by atoms with Crippen molar-refractivity contribution in [2.75, 3.05) is 6.61 Å². The quantitative estimate of drug-likeness (QED) is 0.657. The maximum absolute atomic E-state index is 12.1. The molecule has 1 aliphatic heterocycles. The zero-order chi connectivity index (χ0) is 15.9. The summed E-state index contributed by atoms with van der Waals surface area (Å²) in [7, 11) is 0. The van der Waals surface area contributed by atoms with Gasteiger partial charge in [0.2, 0.25) is 0 Å². The lowest BCUT2D eigenvalue weighted by Gasteiger charge is -2.22. The summed E-state index contributed by atoms with van der Waals surface area (Å²) in [5.41, 5.74) is 0.368. The first-order valence-corrected chi connectivity index (χ1v) is 6.48. The number of nitrogens with zero attached hydrogens (tertiary/aromatic N) is 1. The van der Waals surface area contributed by atoms with Crippen LogP contribution < -0.4 is 4.74 Å². The Hall–Kier alpha value is -2.93. The third kappa shape index (κ3) is 2.17. The van der Waals surface area contributed by atoms with E-state index in [-0.39, 0.29) is 29.2 Å². The van der Waals surface area contributed by atoms with Crippen molar-refractivity contribution in [1.29, 1.82) is 0 Å². The lowest BCUT2D eigenvalue weighted by atomic mass is 9.95. The fraction of sp³-hybridized carbons (Fsp3) is 0.133. The van der Waals surface area contributed by atoms with Gasteiger partial charge in [0, 0.05) is 5.39 Å². The van der Waals surface area contributed by atoms with Gasteiger partial charge in [0.25, 0.3) is 11.8 Å². The van der Waals surface area contributed by atoms with Crippen molar-refractivity contribution in [3.8, 4) is 5.75 Å². The molecule has 0 atom stereocenters. The van der Waals surface area contributed by atoms with Gasteiger partial charge in [-0.15, -0.1) is 5.06 Å². The van der Waals surface area contributed by atoms with Gasteiger partial charge in [0.05, 0.1) is 24.2 Å². The van der Waals surface area contributed by atoms with Crippen molar-refractivity contribution in [2.45, 2.75) is 6.42 Å². The fourth-order valence-electron chi connectivity index (χ4n) is 2.41. The van der Waals surface area contributed by atoms with E-state index < -0.39 is 17.8 Å². The van der Waals surface area contributed by atoms with Crippen molar-refractivity contribution >= 4 is 28.6 Å². The summed E-state index contributed by atoms with van der Waals surface area (Å²) in [6, 6.07) is 7.88. The van der Waals surface area contributed by atoms with Gasteiger partial charge in [-0.25, -0.2) is 0 Å². The highest BCUT2D eigenvalue weighted by Crippen LogP contribution is 2.33. The summed E-state index contributed by atoms with van der Waals surface area (Å²) >= 11 is 0. The average molecular weight is 301 g/mol. The topological polar surface area (TPSA) is 104 Å². The van der Waals surface area contributed by atoms with Crippen LogP contribution >= 0.6 is 0 Å². The molecule has 7 heteroatoms. The Labute approximate surface area is 124 Å². The summed E-state index contributed by atoms with van der Waals surface area (Å²) in [5.74, 6) is -2.30. The van der Waals surface area contributed by atoms with Crippen LogP contribution in [0.3, 0.4) is 0 Å². The Morgan fingerprint density at radius 2 is 1.86 bits per heavy atom. The number of amides is 2. The minimum atomic E-state index is -0.993. The number of imide groups is 1. The van der Waals surface area contributed by atoms with Crippen molar-refractivity contribution in [3.63, 3.8) is 0 Å². The van der Waals surface area contributed by atoms with Crippen LogP contribution in [0.15, 0.2) is 30.3 Å². The molecule has 2 N–H and O–H groups in total. The van der Waals surface area contributed by atoms with Gasteiger partial charge in [-0.3, -0.25) is 19.6 Å². The van der Waals surface area contributed by atoms with Crippen LogP contribution in [0.4, 0.5) is 0 Å². The van der Waals surface area contributed by atoms with E-state index >= 15 is 0 Å². The molecule has 1 aliphatic rings. The van der Waals surface area contributed by atoms with Crippen LogP contribution in [-0.4, -0.2) is 39.8 Å². The molecule has 112 valence electrons. The summed E-state index contributed by atoms with van der Waals surface area (Å²) < 4.78 is 5.32. The van der Waals surface area contributed by atoms with E-state index in [9.17, 15) is 19.6 Å². The number of hydrogen-bond acceptors (Lipinski definition) is 5. The van der Waals surface area contributed by atoms with Crippen LogP contribution in [0.1, 0.15) is 27.1 Å². The molecule has 1 heterocycles. The van der Waals surface area contributed by atoms with E-state index in [1.807, 2.05) is 0 Å². The van der Waals surface area contributed by atoms with Gasteiger partial charge in [0.15, 0.2) is 0 Å². The maximum Gasteiger partial charge on any atom is 0.306 e. The smallest absolute Gasteiger partial charge is 0.306 e. The maximum atomic E-state index is 12.1. The molecule has 0 spiro atoms.